The first-order valence-corrected chi connectivity index (χ1v) is 8.52. The zero-order valence-corrected chi connectivity index (χ0v) is 13.4. The normalized spacial score (nSPS) is 20.6. The summed E-state index contributed by atoms with van der Waals surface area (Å²) in [6.07, 6.45) is 5.05. The van der Waals surface area contributed by atoms with Crippen LogP contribution in [0.5, 0.6) is 0 Å². The van der Waals surface area contributed by atoms with E-state index in [1.807, 2.05) is 11.8 Å². The number of thioether (sulfide) groups is 1. The highest BCUT2D eigenvalue weighted by molar-refractivity contribution is 9.10. The van der Waals surface area contributed by atoms with Gasteiger partial charge in [-0.05, 0) is 49.9 Å². The van der Waals surface area contributed by atoms with Crippen molar-refractivity contribution in [2.24, 2.45) is 5.84 Å². The molecule has 0 spiro atoms. The molecule has 1 aliphatic rings. The Morgan fingerprint density at radius 1 is 1.42 bits per heavy atom. The molecule has 0 bridgehead atoms. The second kappa shape index (κ2) is 8.27. The Morgan fingerprint density at radius 3 is 2.84 bits per heavy atom. The van der Waals surface area contributed by atoms with Crippen LogP contribution < -0.4 is 11.3 Å². The van der Waals surface area contributed by atoms with Gasteiger partial charge < -0.3 is 4.74 Å². The molecule has 3 N–H and O–H groups in total. The van der Waals surface area contributed by atoms with Crippen LogP contribution in [-0.2, 0) is 4.74 Å². The maximum Gasteiger partial charge on any atom is 0.0576 e. The first-order chi connectivity index (χ1) is 9.28. The number of rotatable bonds is 7. The van der Waals surface area contributed by atoms with Crippen LogP contribution in [0.2, 0.25) is 0 Å². The fraction of sp³-hybridized carbons (Fsp3) is 0.571. The number of nitrogens with one attached hydrogen (secondary N) is 1. The minimum atomic E-state index is 0.345. The van der Waals surface area contributed by atoms with Crippen LogP contribution in [0, 0.1) is 0 Å². The molecular weight excluding hydrogens is 324 g/mol. The molecule has 0 radical (unpaired) electrons. The number of hydrazine groups is 1. The van der Waals surface area contributed by atoms with Crippen LogP contribution in [-0.4, -0.2) is 24.5 Å². The Hall–Kier alpha value is -0.0700. The van der Waals surface area contributed by atoms with E-state index in [1.165, 1.54) is 17.7 Å². The fourth-order valence-electron chi connectivity index (χ4n) is 2.20. The Labute approximate surface area is 127 Å². The third kappa shape index (κ3) is 5.44. The van der Waals surface area contributed by atoms with Crippen LogP contribution in [0.4, 0.5) is 0 Å². The molecule has 2 atom stereocenters. The molecule has 5 heteroatoms. The minimum Gasteiger partial charge on any atom is -0.378 e. The summed E-state index contributed by atoms with van der Waals surface area (Å²) in [5, 5.41) is 0. The van der Waals surface area contributed by atoms with E-state index >= 15 is 0 Å². The van der Waals surface area contributed by atoms with Gasteiger partial charge in [-0.2, -0.15) is 0 Å². The highest BCUT2D eigenvalue weighted by atomic mass is 79.9. The van der Waals surface area contributed by atoms with Crippen molar-refractivity contribution >= 4 is 27.7 Å². The summed E-state index contributed by atoms with van der Waals surface area (Å²) in [5.41, 5.74) is 2.92. The van der Waals surface area contributed by atoms with Gasteiger partial charge in [-0.1, -0.05) is 15.9 Å². The molecule has 0 amide bonds. The van der Waals surface area contributed by atoms with E-state index in [4.69, 9.17) is 10.6 Å². The van der Waals surface area contributed by atoms with Crippen molar-refractivity contribution in [1.82, 2.24) is 5.43 Å². The van der Waals surface area contributed by atoms with E-state index in [9.17, 15) is 0 Å². The Morgan fingerprint density at radius 2 is 2.21 bits per heavy atom. The van der Waals surface area contributed by atoms with Crippen molar-refractivity contribution in [3.05, 3.63) is 28.7 Å². The molecule has 1 aromatic carbocycles. The van der Waals surface area contributed by atoms with Gasteiger partial charge >= 0.3 is 0 Å². The Balaban J connectivity index is 1.70. The van der Waals surface area contributed by atoms with Gasteiger partial charge in [-0.25, -0.2) is 0 Å². The average Bonchev–Trinajstić information content (AvgIpc) is 2.94. The summed E-state index contributed by atoms with van der Waals surface area (Å²) in [6.45, 7) is 0.930. The molecular formula is C14H21BrN2OS. The summed E-state index contributed by atoms with van der Waals surface area (Å²) in [4.78, 5) is 1.28. The molecule has 106 valence electrons. The van der Waals surface area contributed by atoms with Gasteiger partial charge in [0.2, 0.25) is 0 Å². The van der Waals surface area contributed by atoms with E-state index in [2.05, 4.69) is 45.6 Å². The Kier molecular flexibility index (Phi) is 6.67. The SMILES string of the molecule is NNC(CCC1CCCO1)CSc1ccc(Br)cc1. The highest BCUT2D eigenvalue weighted by Gasteiger charge is 2.17. The number of hydrogen-bond acceptors (Lipinski definition) is 4. The van der Waals surface area contributed by atoms with Gasteiger partial charge in [0, 0.05) is 27.8 Å². The average molecular weight is 345 g/mol. The summed E-state index contributed by atoms with van der Waals surface area (Å²) >= 11 is 5.29. The molecule has 1 aromatic rings. The predicted octanol–water partition coefficient (Wildman–Crippen LogP) is 3.33. The lowest BCUT2D eigenvalue weighted by Crippen LogP contribution is -2.37. The van der Waals surface area contributed by atoms with Crippen LogP contribution in [0.1, 0.15) is 25.7 Å². The molecule has 1 aliphatic heterocycles. The zero-order chi connectivity index (χ0) is 13.5. The van der Waals surface area contributed by atoms with Crippen LogP contribution in [0.3, 0.4) is 0 Å². The lowest BCUT2D eigenvalue weighted by molar-refractivity contribution is 0.100. The molecule has 1 heterocycles. The van der Waals surface area contributed by atoms with Crippen LogP contribution in [0.15, 0.2) is 33.6 Å². The van der Waals surface area contributed by atoms with Crippen molar-refractivity contribution < 1.29 is 4.74 Å². The maximum atomic E-state index is 5.64. The van der Waals surface area contributed by atoms with Gasteiger partial charge in [-0.15, -0.1) is 11.8 Å². The predicted molar refractivity (Wildman–Crippen MR) is 84.2 cm³/mol. The first kappa shape index (κ1) is 15.3. The quantitative estimate of drug-likeness (QED) is 0.452. The second-order valence-corrected chi connectivity index (χ2v) is 6.85. The van der Waals surface area contributed by atoms with Crippen molar-refractivity contribution in [1.29, 1.82) is 0 Å². The highest BCUT2D eigenvalue weighted by Crippen LogP contribution is 2.23. The van der Waals surface area contributed by atoms with Gasteiger partial charge in [0.1, 0.15) is 0 Å². The summed E-state index contributed by atoms with van der Waals surface area (Å²) in [7, 11) is 0. The van der Waals surface area contributed by atoms with Gasteiger partial charge in [0.15, 0.2) is 0 Å². The molecule has 1 fully saturated rings. The Bertz CT molecular complexity index is 368. The van der Waals surface area contributed by atoms with Gasteiger partial charge in [0.05, 0.1) is 6.10 Å². The molecule has 2 unspecified atom stereocenters. The van der Waals surface area contributed by atoms with Gasteiger partial charge in [-0.3, -0.25) is 11.3 Å². The molecule has 1 saturated heterocycles. The topological polar surface area (TPSA) is 47.3 Å². The van der Waals surface area contributed by atoms with E-state index < -0.39 is 0 Å². The second-order valence-electron chi connectivity index (χ2n) is 4.84. The van der Waals surface area contributed by atoms with Crippen molar-refractivity contribution in [3.63, 3.8) is 0 Å². The molecule has 0 aromatic heterocycles. The summed E-state index contributed by atoms with van der Waals surface area (Å²) < 4.78 is 6.76. The number of ether oxygens (including phenoxy) is 1. The minimum absolute atomic E-state index is 0.345. The third-order valence-corrected chi connectivity index (χ3v) is 5.06. The zero-order valence-electron chi connectivity index (χ0n) is 11.0. The van der Waals surface area contributed by atoms with E-state index in [0.29, 0.717) is 12.1 Å². The third-order valence-electron chi connectivity index (χ3n) is 3.36. The maximum absolute atomic E-state index is 5.64. The lowest BCUT2D eigenvalue weighted by Gasteiger charge is -2.17. The van der Waals surface area contributed by atoms with E-state index in [1.54, 1.807) is 0 Å². The van der Waals surface area contributed by atoms with E-state index in [-0.39, 0.29) is 0 Å². The number of hydrogen-bond donors (Lipinski definition) is 2. The van der Waals surface area contributed by atoms with Crippen molar-refractivity contribution in [3.8, 4) is 0 Å². The van der Waals surface area contributed by atoms with Crippen molar-refractivity contribution in [2.45, 2.75) is 42.7 Å². The first-order valence-electron chi connectivity index (χ1n) is 6.74. The summed E-state index contributed by atoms with van der Waals surface area (Å²) in [6, 6.07) is 8.74. The largest absolute Gasteiger partial charge is 0.378 e. The number of nitrogens with two attached hydrogens (primary N) is 1. The summed E-state index contributed by atoms with van der Waals surface area (Å²) in [5.74, 6) is 6.63. The molecule has 19 heavy (non-hydrogen) atoms. The smallest absolute Gasteiger partial charge is 0.0576 e. The van der Waals surface area contributed by atoms with Crippen LogP contribution in [0.25, 0.3) is 0 Å². The number of benzene rings is 1. The molecule has 0 saturated carbocycles. The van der Waals surface area contributed by atoms with Gasteiger partial charge in [0.25, 0.3) is 0 Å². The monoisotopic (exact) mass is 344 g/mol. The fourth-order valence-corrected chi connectivity index (χ4v) is 3.45. The standard InChI is InChI=1S/C14H21BrN2OS/c15-11-3-7-14(8-4-11)19-10-12(17-16)5-6-13-2-1-9-18-13/h3-4,7-8,12-13,17H,1-2,5-6,9-10,16H2. The molecule has 2 rings (SSSR count). The molecule has 0 aliphatic carbocycles. The van der Waals surface area contributed by atoms with Crippen molar-refractivity contribution in [2.75, 3.05) is 12.4 Å². The lowest BCUT2D eigenvalue weighted by atomic mass is 10.1. The van der Waals surface area contributed by atoms with Crippen LogP contribution >= 0.6 is 27.7 Å². The van der Waals surface area contributed by atoms with E-state index in [0.717, 1.165) is 29.7 Å². The molecule has 3 nitrogen and oxygen atoms in total. The number of halogens is 1.